The van der Waals surface area contributed by atoms with Crippen LogP contribution in [-0.4, -0.2) is 112 Å². The van der Waals surface area contributed by atoms with Crippen molar-refractivity contribution in [2.75, 3.05) is 66.9 Å². The summed E-state index contributed by atoms with van der Waals surface area (Å²) < 4.78 is 27.4. The van der Waals surface area contributed by atoms with E-state index in [-0.39, 0.29) is 36.5 Å². The van der Waals surface area contributed by atoms with E-state index in [4.69, 9.17) is 23.7 Å². The van der Waals surface area contributed by atoms with Crippen LogP contribution >= 0.6 is 0 Å². The number of carbonyl (C=O) groups is 3. The molecule has 0 amide bonds. The SMILES string of the molecule is CCCCCCCCC(CC)OC(=O)CCCCCCCN(CCCCCO)CC(O)CCC(COCCCCCCC(=O)OC)COCCCCCCC(=O)OC. The zero-order valence-corrected chi connectivity index (χ0v) is 38.0. The topological polar surface area (TPSA) is 141 Å². The Morgan fingerprint density at radius 2 is 1.00 bits per heavy atom. The average molecular weight is 830 g/mol. The zero-order valence-electron chi connectivity index (χ0n) is 38.0. The lowest BCUT2D eigenvalue weighted by atomic mass is 10.0. The molecule has 0 rings (SSSR count). The largest absolute Gasteiger partial charge is 0.469 e. The second kappa shape index (κ2) is 43.3. The summed E-state index contributed by atoms with van der Waals surface area (Å²) in [5.41, 5.74) is 0. The maximum absolute atomic E-state index is 12.5. The molecular weight excluding hydrogens is 739 g/mol. The Kier molecular flexibility index (Phi) is 42.0. The summed E-state index contributed by atoms with van der Waals surface area (Å²) in [5.74, 6) is -0.173. The number of nitrogens with zero attached hydrogens (tertiary/aromatic N) is 1. The highest BCUT2D eigenvalue weighted by Crippen LogP contribution is 2.17. The van der Waals surface area contributed by atoms with Crippen molar-refractivity contribution in [1.82, 2.24) is 4.90 Å². The van der Waals surface area contributed by atoms with Crippen LogP contribution in [0.1, 0.15) is 200 Å². The van der Waals surface area contributed by atoms with E-state index in [1.165, 1.54) is 46.3 Å². The molecule has 0 bridgehead atoms. The molecule has 11 heteroatoms. The number of aliphatic hydroxyl groups is 2. The van der Waals surface area contributed by atoms with Crippen molar-refractivity contribution in [3.63, 3.8) is 0 Å². The van der Waals surface area contributed by atoms with E-state index in [0.717, 1.165) is 142 Å². The maximum atomic E-state index is 12.5. The fourth-order valence-electron chi connectivity index (χ4n) is 7.19. The van der Waals surface area contributed by atoms with Crippen molar-refractivity contribution in [2.24, 2.45) is 5.92 Å². The fraction of sp³-hybridized carbons (Fsp3) is 0.936. The van der Waals surface area contributed by atoms with Gasteiger partial charge in [0.15, 0.2) is 0 Å². The lowest BCUT2D eigenvalue weighted by Gasteiger charge is -2.26. The molecule has 0 aromatic heterocycles. The molecule has 0 heterocycles. The van der Waals surface area contributed by atoms with E-state index in [0.29, 0.717) is 58.7 Å². The van der Waals surface area contributed by atoms with Gasteiger partial charge in [0.2, 0.25) is 0 Å². The van der Waals surface area contributed by atoms with Gasteiger partial charge in [-0.1, -0.05) is 90.9 Å². The second-order valence-corrected chi connectivity index (χ2v) is 16.4. The first kappa shape index (κ1) is 56.2. The minimum absolute atomic E-state index is 0.0469. The number of unbranched alkanes of at least 4 members (excludes halogenated alkanes) is 17. The molecule has 344 valence electrons. The number of methoxy groups -OCH3 is 2. The molecular formula is C47H91NO10. The van der Waals surface area contributed by atoms with E-state index >= 15 is 0 Å². The molecule has 0 spiro atoms. The van der Waals surface area contributed by atoms with Gasteiger partial charge in [-0.25, -0.2) is 0 Å². The predicted octanol–water partition coefficient (Wildman–Crippen LogP) is 9.90. The number of rotatable bonds is 45. The zero-order chi connectivity index (χ0) is 42.7. The molecule has 0 aliphatic carbocycles. The average Bonchev–Trinajstić information content (AvgIpc) is 3.22. The molecule has 0 fully saturated rings. The Morgan fingerprint density at radius 1 is 0.534 bits per heavy atom. The molecule has 0 aromatic rings. The summed E-state index contributed by atoms with van der Waals surface area (Å²) in [4.78, 5) is 37.5. The van der Waals surface area contributed by atoms with E-state index in [1.807, 2.05) is 0 Å². The van der Waals surface area contributed by atoms with E-state index in [2.05, 4.69) is 18.7 Å². The van der Waals surface area contributed by atoms with Gasteiger partial charge in [-0.15, -0.1) is 0 Å². The molecule has 11 nitrogen and oxygen atoms in total. The van der Waals surface area contributed by atoms with Crippen molar-refractivity contribution < 1.29 is 48.3 Å². The first-order chi connectivity index (χ1) is 28.3. The number of esters is 3. The molecule has 58 heavy (non-hydrogen) atoms. The van der Waals surface area contributed by atoms with Gasteiger partial charge in [0.25, 0.3) is 0 Å². The number of carbonyl (C=O) groups excluding carboxylic acids is 3. The quantitative estimate of drug-likeness (QED) is 0.0344. The Hall–Kier alpha value is -1.79. The van der Waals surface area contributed by atoms with Crippen LogP contribution in [0.15, 0.2) is 0 Å². The van der Waals surface area contributed by atoms with Gasteiger partial charge in [-0.05, 0) is 103 Å². The van der Waals surface area contributed by atoms with E-state index < -0.39 is 6.10 Å². The summed E-state index contributed by atoms with van der Waals surface area (Å²) in [5, 5.41) is 20.5. The number of hydrogen-bond donors (Lipinski definition) is 2. The monoisotopic (exact) mass is 830 g/mol. The second-order valence-electron chi connectivity index (χ2n) is 16.4. The fourth-order valence-corrected chi connectivity index (χ4v) is 7.19. The number of ether oxygens (including phenoxy) is 5. The van der Waals surface area contributed by atoms with Crippen LogP contribution in [-0.2, 0) is 38.1 Å². The summed E-state index contributed by atoms with van der Waals surface area (Å²) in [7, 11) is 2.85. The molecule has 0 saturated carbocycles. The van der Waals surface area contributed by atoms with Crippen molar-refractivity contribution in [3.05, 3.63) is 0 Å². The molecule has 0 aromatic carbocycles. The van der Waals surface area contributed by atoms with Crippen LogP contribution in [0.25, 0.3) is 0 Å². The summed E-state index contributed by atoms with van der Waals surface area (Å²) in [6.45, 7) is 9.56. The molecule has 0 radical (unpaired) electrons. The van der Waals surface area contributed by atoms with Crippen LogP contribution < -0.4 is 0 Å². The Bertz CT molecular complexity index is 890. The predicted molar refractivity (Wildman–Crippen MR) is 234 cm³/mol. The molecule has 0 aliphatic rings. The lowest BCUT2D eigenvalue weighted by Crippen LogP contribution is -2.34. The van der Waals surface area contributed by atoms with Crippen LogP contribution in [0.3, 0.4) is 0 Å². The number of hydrogen-bond acceptors (Lipinski definition) is 11. The van der Waals surface area contributed by atoms with Crippen LogP contribution in [0, 0.1) is 5.92 Å². The summed E-state index contributed by atoms with van der Waals surface area (Å²) in [6, 6.07) is 0. The summed E-state index contributed by atoms with van der Waals surface area (Å²) in [6.07, 6.45) is 27.4. The van der Waals surface area contributed by atoms with Crippen molar-refractivity contribution in [3.8, 4) is 0 Å². The molecule has 2 N–H and O–H groups in total. The molecule has 2 atom stereocenters. The first-order valence-electron chi connectivity index (χ1n) is 23.8. The van der Waals surface area contributed by atoms with E-state index in [9.17, 15) is 24.6 Å². The van der Waals surface area contributed by atoms with Gasteiger partial charge >= 0.3 is 17.9 Å². The maximum Gasteiger partial charge on any atom is 0.306 e. The van der Waals surface area contributed by atoms with Gasteiger partial charge in [-0.3, -0.25) is 14.4 Å². The van der Waals surface area contributed by atoms with Crippen molar-refractivity contribution >= 4 is 17.9 Å². The van der Waals surface area contributed by atoms with E-state index in [1.54, 1.807) is 0 Å². The normalized spacial score (nSPS) is 12.6. The highest BCUT2D eigenvalue weighted by atomic mass is 16.5. The molecule has 0 aliphatic heterocycles. The highest BCUT2D eigenvalue weighted by molar-refractivity contribution is 5.69. The molecule has 2 unspecified atom stereocenters. The Balaban J connectivity index is 4.68. The Morgan fingerprint density at radius 3 is 1.52 bits per heavy atom. The van der Waals surface area contributed by atoms with Gasteiger partial charge in [0, 0.05) is 51.5 Å². The smallest absolute Gasteiger partial charge is 0.306 e. The number of aliphatic hydroxyl groups excluding tert-OH is 2. The van der Waals surface area contributed by atoms with Gasteiger partial charge in [0.05, 0.1) is 33.5 Å². The minimum Gasteiger partial charge on any atom is -0.469 e. The van der Waals surface area contributed by atoms with Crippen molar-refractivity contribution in [1.29, 1.82) is 0 Å². The minimum atomic E-state index is -0.441. The van der Waals surface area contributed by atoms with Crippen LogP contribution in [0.5, 0.6) is 0 Å². The third-order valence-corrected chi connectivity index (χ3v) is 11.0. The highest BCUT2D eigenvalue weighted by Gasteiger charge is 2.17. The molecule has 0 saturated heterocycles. The Labute approximate surface area is 355 Å². The standard InChI is InChI=1S/C47H91NO10/c1-5-7-8-9-11-19-28-44(6-2)58-47(53)31-22-12-10-15-23-34-48(35-24-18-25-36-49)39-43(50)33-32-42(40-56-37-26-16-13-20-29-45(51)54-3)41-57-38-27-17-14-21-30-46(52)55-4/h42-44,49-50H,5-41H2,1-4H3. The third kappa shape index (κ3) is 38.4. The first-order valence-corrected chi connectivity index (χ1v) is 23.8. The van der Waals surface area contributed by atoms with Crippen molar-refractivity contribution in [2.45, 2.75) is 212 Å². The third-order valence-electron chi connectivity index (χ3n) is 11.0. The van der Waals surface area contributed by atoms with Gasteiger partial charge in [-0.2, -0.15) is 0 Å². The van der Waals surface area contributed by atoms with Gasteiger partial charge in [0.1, 0.15) is 6.10 Å². The summed E-state index contributed by atoms with van der Waals surface area (Å²) >= 11 is 0. The van der Waals surface area contributed by atoms with Crippen LogP contribution in [0.2, 0.25) is 0 Å². The lowest BCUT2D eigenvalue weighted by molar-refractivity contribution is -0.149. The van der Waals surface area contributed by atoms with Gasteiger partial charge < -0.3 is 38.8 Å². The van der Waals surface area contributed by atoms with Crippen LogP contribution in [0.4, 0.5) is 0 Å².